The zero-order valence-corrected chi connectivity index (χ0v) is 11.1. The Morgan fingerprint density at radius 2 is 2.06 bits per heavy atom. The van der Waals surface area contributed by atoms with E-state index in [0.29, 0.717) is 6.04 Å². The fraction of sp³-hybridized carbons (Fsp3) is 0.615. The maximum atomic E-state index is 12.7. The minimum Gasteiger partial charge on any atom is -0.308 e. The van der Waals surface area contributed by atoms with Crippen molar-refractivity contribution in [3.05, 3.63) is 29.8 Å². The van der Waals surface area contributed by atoms with Crippen LogP contribution in [0, 0.1) is 5.82 Å². The largest absolute Gasteiger partial charge is 0.308 e. The Balaban J connectivity index is 2.34. The zero-order valence-electron chi connectivity index (χ0n) is 11.1. The topological polar surface area (TPSA) is 28.2 Å². The number of halogens is 1. The lowest BCUT2D eigenvalue weighted by molar-refractivity contribution is 0.269. The molecule has 0 saturated heterocycles. The van der Waals surface area contributed by atoms with E-state index in [1.165, 1.54) is 12.3 Å². The van der Waals surface area contributed by atoms with Gasteiger partial charge in [-0.05, 0) is 40.0 Å². The summed E-state index contributed by atoms with van der Waals surface area (Å²) in [5, 5.41) is 3.38. The Hall–Kier alpha value is -1.00. The van der Waals surface area contributed by atoms with E-state index in [2.05, 4.69) is 36.1 Å². The lowest BCUT2D eigenvalue weighted by Gasteiger charge is -2.22. The highest BCUT2D eigenvalue weighted by atomic mass is 19.1. The molecule has 1 rings (SSSR count). The fourth-order valence-electron chi connectivity index (χ4n) is 1.46. The highest BCUT2D eigenvalue weighted by Crippen LogP contribution is 2.08. The van der Waals surface area contributed by atoms with Gasteiger partial charge in [-0.3, -0.25) is 4.98 Å². The molecule has 1 atom stereocenters. The summed E-state index contributed by atoms with van der Waals surface area (Å²) < 4.78 is 12.7. The van der Waals surface area contributed by atoms with Gasteiger partial charge in [0, 0.05) is 25.2 Å². The van der Waals surface area contributed by atoms with Gasteiger partial charge in [0.25, 0.3) is 0 Å². The van der Waals surface area contributed by atoms with Gasteiger partial charge in [-0.15, -0.1) is 0 Å². The summed E-state index contributed by atoms with van der Waals surface area (Å²) in [6.07, 6.45) is 1.26. The second kappa shape index (κ2) is 6.67. The van der Waals surface area contributed by atoms with Crippen molar-refractivity contribution in [2.75, 3.05) is 20.1 Å². The molecule has 1 heterocycles. The predicted octanol–water partition coefficient (Wildman–Crippen LogP) is 2.21. The molecule has 4 heteroatoms. The number of rotatable bonds is 6. The van der Waals surface area contributed by atoms with E-state index in [-0.39, 0.29) is 11.9 Å². The Morgan fingerprint density at radius 1 is 1.35 bits per heavy atom. The van der Waals surface area contributed by atoms with Crippen LogP contribution in [0.3, 0.4) is 0 Å². The van der Waals surface area contributed by atoms with Gasteiger partial charge < -0.3 is 10.2 Å². The minimum absolute atomic E-state index is 0.149. The molecule has 0 aliphatic rings. The number of pyridine rings is 1. The molecule has 1 aromatic rings. The number of nitrogens with one attached hydrogen (secondary N) is 1. The first-order valence-corrected chi connectivity index (χ1v) is 6.05. The van der Waals surface area contributed by atoms with E-state index in [4.69, 9.17) is 0 Å². The van der Waals surface area contributed by atoms with Gasteiger partial charge in [0.15, 0.2) is 0 Å². The quantitative estimate of drug-likeness (QED) is 0.825. The molecule has 1 unspecified atom stereocenters. The van der Waals surface area contributed by atoms with Crippen LogP contribution < -0.4 is 5.32 Å². The summed E-state index contributed by atoms with van der Waals surface area (Å²) in [7, 11) is 2.10. The van der Waals surface area contributed by atoms with Crippen LogP contribution in [-0.4, -0.2) is 36.1 Å². The summed E-state index contributed by atoms with van der Waals surface area (Å²) >= 11 is 0. The molecular weight excluding hydrogens is 217 g/mol. The van der Waals surface area contributed by atoms with Crippen molar-refractivity contribution >= 4 is 0 Å². The molecular formula is C13H22FN3. The average Bonchev–Trinajstić information content (AvgIpc) is 2.29. The van der Waals surface area contributed by atoms with Crippen molar-refractivity contribution in [1.82, 2.24) is 15.2 Å². The Morgan fingerprint density at radius 3 is 2.59 bits per heavy atom. The van der Waals surface area contributed by atoms with Crippen LogP contribution in [0.25, 0.3) is 0 Å². The molecule has 0 fully saturated rings. The Labute approximate surface area is 103 Å². The van der Waals surface area contributed by atoms with Crippen LogP contribution in [0.4, 0.5) is 4.39 Å². The number of aromatic nitrogens is 1. The number of nitrogens with zero attached hydrogens (tertiary/aromatic N) is 2. The van der Waals surface area contributed by atoms with Crippen molar-refractivity contribution in [3.63, 3.8) is 0 Å². The van der Waals surface area contributed by atoms with Crippen molar-refractivity contribution in [1.29, 1.82) is 0 Å². The molecule has 96 valence electrons. The summed E-state index contributed by atoms with van der Waals surface area (Å²) in [5.41, 5.74) is 0.874. The molecule has 1 aromatic heterocycles. The number of hydrogen-bond donors (Lipinski definition) is 1. The molecule has 0 aromatic carbocycles. The van der Waals surface area contributed by atoms with Crippen LogP contribution >= 0.6 is 0 Å². The van der Waals surface area contributed by atoms with Gasteiger partial charge in [0.05, 0.1) is 11.9 Å². The first-order chi connectivity index (χ1) is 8.00. The van der Waals surface area contributed by atoms with Crippen molar-refractivity contribution in [2.24, 2.45) is 0 Å². The molecule has 0 bridgehead atoms. The molecule has 0 radical (unpaired) electrons. The van der Waals surface area contributed by atoms with Crippen molar-refractivity contribution in [3.8, 4) is 0 Å². The third-order valence-corrected chi connectivity index (χ3v) is 2.99. The second-order valence-corrected chi connectivity index (χ2v) is 4.65. The monoisotopic (exact) mass is 239 g/mol. The van der Waals surface area contributed by atoms with Gasteiger partial charge in [-0.25, -0.2) is 4.39 Å². The summed E-state index contributed by atoms with van der Waals surface area (Å²) in [6.45, 7) is 8.27. The van der Waals surface area contributed by atoms with Crippen LogP contribution in [0.1, 0.15) is 32.5 Å². The maximum absolute atomic E-state index is 12.7. The highest BCUT2D eigenvalue weighted by Gasteiger charge is 2.07. The highest BCUT2D eigenvalue weighted by molar-refractivity contribution is 5.08. The van der Waals surface area contributed by atoms with Crippen LogP contribution in [0.2, 0.25) is 0 Å². The second-order valence-electron chi connectivity index (χ2n) is 4.65. The number of hydrogen-bond acceptors (Lipinski definition) is 3. The third-order valence-electron chi connectivity index (χ3n) is 2.99. The predicted molar refractivity (Wildman–Crippen MR) is 68.4 cm³/mol. The van der Waals surface area contributed by atoms with Crippen LogP contribution in [-0.2, 0) is 0 Å². The lowest BCUT2D eigenvalue weighted by atomic mass is 10.2. The Kier molecular flexibility index (Phi) is 5.51. The first kappa shape index (κ1) is 14.1. The standard InChI is InChI=1S/C13H22FN3/c1-10(2)17(4)8-7-15-11(3)13-6-5-12(14)9-16-13/h5-6,9-11,15H,7-8H2,1-4H3. The van der Waals surface area contributed by atoms with Gasteiger partial charge in [0.1, 0.15) is 5.82 Å². The maximum Gasteiger partial charge on any atom is 0.141 e. The molecule has 3 nitrogen and oxygen atoms in total. The van der Waals surface area contributed by atoms with E-state index >= 15 is 0 Å². The Bertz CT molecular complexity index is 324. The summed E-state index contributed by atoms with van der Waals surface area (Å²) in [5.74, 6) is -0.291. The fourth-order valence-corrected chi connectivity index (χ4v) is 1.46. The van der Waals surface area contributed by atoms with Crippen LogP contribution in [0.5, 0.6) is 0 Å². The smallest absolute Gasteiger partial charge is 0.141 e. The van der Waals surface area contributed by atoms with Gasteiger partial charge >= 0.3 is 0 Å². The summed E-state index contributed by atoms with van der Waals surface area (Å²) in [6, 6.07) is 3.87. The van der Waals surface area contributed by atoms with E-state index in [1.54, 1.807) is 6.07 Å². The van der Waals surface area contributed by atoms with Crippen LogP contribution in [0.15, 0.2) is 18.3 Å². The van der Waals surface area contributed by atoms with E-state index < -0.39 is 0 Å². The number of likely N-dealkylation sites (N-methyl/N-ethyl adjacent to an activating group) is 1. The molecule has 1 N–H and O–H groups in total. The van der Waals surface area contributed by atoms with Crippen molar-refractivity contribution in [2.45, 2.75) is 32.9 Å². The van der Waals surface area contributed by atoms with Crippen molar-refractivity contribution < 1.29 is 4.39 Å². The lowest BCUT2D eigenvalue weighted by Crippen LogP contribution is -2.34. The zero-order chi connectivity index (χ0) is 12.8. The molecule has 0 saturated carbocycles. The normalized spacial score (nSPS) is 13.4. The van der Waals surface area contributed by atoms with Gasteiger partial charge in [0.2, 0.25) is 0 Å². The average molecular weight is 239 g/mol. The third kappa shape index (κ3) is 4.79. The van der Waals surface area contributed by atoms with E-state index in [0.717, 1.165) is 18.8 Å². The van der Waals surface area contributed by atoms with E-state index in [9.17, 15) is 4.39 Å². The molecule has 17 heavy (non-hydrogen) atoms. The minimum atomic E-state index is -0.291. The van der Waals surface area contributed by atoms with Gasteiger partial charge in [-0.1, -0.05) is 0 Å². The van der Waals surface area contributed by atoms with E-state index in [1.807, 2.05) is 6.92 Å². The van der Waals surface area contributed by atoms with Gasteiger partial charge in [-0.2, -0.15) is 0 Å². The molecule has 0 spiro atoms. The summed E-state index contributed by atoms with van der Waals surface area (Å²) in [4.78, 5) is 6.34. The SMILES string of the molecule is CC(NCCN(C)C(C)C)c1ccc(F)cn1. The first-order valence-electron chi connectivity index (χ1n) is 6.05. The molecule has 0 aliphatic carbocycles. The molecule has 0 aliphatic heterocycles. The molecule has 0 amide bonds.